The van der Waals surface area contributed by atoms with Gasteiger partial charge in [0.25, 0.3) is 0 Å². The standard InChI is InChI=1S/C12H26O/c1-4-7-9-12(10-8-5-2)13-11-6-3/h12H,4-11H2,1-3H3. The van der Waals surface area contributed by atoms with Gasteiger partial charge in [0.15, 0.2) is 0 Å². The molecule has 0 heterocycles. The monoisotopic (exact) mass is 186 g/mol. The highest BCUT2D eigenvalue weighted by Crippen LogP contribution is 2.12. The molecule has 0 aliphatic rings. The topological polar surface area (TPSA) is 9.23 Å². The maximum Gasteiger partial charge on any atom is 0.0575 e. The maximum atomic E-state index is 5.80. The molecule has 0 N–H and O–H groups in total. The molecule has 0 radical (unpaired) electrons. The predicted octanol–water partition coefficient (Wildman–Crippen LogP) is 4.16. The summed E-state index contributed by atoms with van der Waals surface area (Å²) >= 11 is 0. The van der Waals surface area contributed by atoms with Crippen molar-refractivity contribution in [3.63, 3.8) is 0 Å². The van der Waals surface area contributed by atoms with Crippen molar-refractivity contribution in [3.05, 3.63) is 0 Å². The number of hydrogen-bond donors (Lipinski definition) is 0. The van der Waals surface area contributed by atoms with Gasteiger partial charge >= 0.3 is 0 Å². The molecular formula is C12H26O. The van der Waals surface area contributed by atoms with Gasteiger partial charge in [-0.2, -0.15) is 0 Å². The molecule has 1 heteroatoms. The van der Waals surface area contributed by atoms with Gasteiger partial charge in [-0.1, -0.05) is 46.5 Å². The first-order valence-corrected chi connectivity index (χ1v) is 5.96. The summed E-state index contributed by atoms with van der Waals surface area (Å²) in [6.07, 6.45) is 9.42. The van der Waals surface area contributed by atoms with Crippen molar-refractivity contribution < 1.29 is 4.74 Å². The quantitative estimate of drug-likeness (QED) is 0.525. The van der Waals surface area contributed by atoms with Crippen LogP contribution in [-0.4, -0.2) is 12.7 Å². The molecule has 0 aliphatic carbocycles. The molecule has 0 unspecified atom stereocenters. The zero-order valence-electron chi connectivity index (χ0n) is 9.64. The van der Waals surface area contributed by atoms with Crippen LogP contribution in [0.3, 0.4) is 0 Å². The lowest BCUT2D eigenvalue weighted by Crippen LogP contribution is -2.13. The zero-order chi connectivity index (χ0) is 9.94. The van der Waals surface area contributed by atoms with E-state index in [0.29, 0.717) is 6.10 Å². The normalized spacial score (nSPS) is 11.1. The van der Waals surface area contributed by atoms with Crippen molar-refractivity contribution in [1.29, 1.82) is 0 Å². The number of ether oxygens (including phenoxy) is 1. The van der Waals surface area contributed by atoms with Crippen LogP contribution in [0.25, 0.3) is 0 Å². The Balaban J connectivity index is 3.47. The van der Waals surface area contributed by atoms with Crippen molar-refractivity contribution in [3.8, 4) is 0 Å². The Morgan fingerprint density at radius 3 is 1.77 bits per heavy atom. The Hall–Kier alpha value is -0.0400. The lowest BCUT2D eigenvalue weighted by Gasteiger charge is -2.16. The van der Waals surface area contributed by atoms with E-state index in [9.17, 15) is 0 Å². The second-order valence-electron chi connectivity index (χ2n) is 3.78. The Bertz CT molecular complexity index is 72.1. The van der Waals surface area contributed by atoms with E-state index in [1.807, 2.05) is 0 Å². The van der Waals surface area contributed by atoms with Crippen LogP contribution in [0.1, 0.15) is 65.7 Å². The summed E-state index contributed by atoms with van der Waals surface area (Å²) < 4.78 is 5.80. The van der Waals surface area contributed by atoms with E-state index >= 15 is 0 Å². The summed E-state index contributed by atoms with van der Waals surface area (Å²) in [5.41, 5.74) is 0. The first-order valence-electron chi connectivity index (χ1n) is 5.96. The van der Waals surface area contributed by atoms with Crippen LogP contribution in [0.2, 0.25) is 0 Å². The molecule has 0 aromatic heterocycles. The highest BCUT2D eigenvalue weighted by Gasteiger charge is 2.06. The number of unbranched alkanes of at least 4 members (excludes halogenated alkanes) is 2. The van der Waals surface area contributed by atoms with Gasteiger partial charge in [0.05, 0.1) is 6.10 Å². The lowest BCUT2D eigenvalue weighted by atomic mass is 10.1. The minimum absolute atomic E-state index is 0.542. The summed E-state index contributed by atoms with van der Waals surface area (Å²) in [7, 11) is 0. The van der Waals surface area contributed by atoms with Crippen molar-refractivity contribution in [1.82, 2.24) is 0 Å². The third-order valence-corrected chi connectivity index (χ3v) is 2.32. The Morgan fingerprint density at radius 2 is 1.38 bits per heavy atom. The van der Waals surface area contributed by atoms with E-state index in [1.165, 1.54) is 38.5 Å². The van der Waals surface area contributed by atoms with Crippen molar-refractivity contribution in [2.45, 2.75) is 71.8 Å². The van der Waals surface area contributed by atoms with Gasteiger partial charge in [0.1, 0.15) is 0 Å². The fourth-order valence-electron chi connectivity index (χ4n) is 1.46. The molecule has 80 valence electrons. The molecule has 0 saturated heterocycles. The van der Waals surface area contributed by atoms with E-state index in [0.717, 1.165) is 13.0 Å². The smallest absolute Gasteiger partial charge is 0.0575 e. The Labute approximate surface area is 83.9 Å². The number of hydrogen-bond acceptors (Lipinski definition) is 1. The van der Waals surface area contributed by atoms with Crippen LogP contribution in [0.15, 0.2) is 0 Å². The van der Waals surface area contributed by atoms with Crippen LogP contribution in [0, 0.1) is 0 Å². The summed E-state index contributed by atoms with van der Waals surface area (Å²) in [6, 6.07) is 0. The minimum Gasteiger partial charge on any atom is -0.378 e. The van der Waals surface area contributed by atoms with Crippen molar-refractivity contribution in [2.24, 2.45) is 0 Å². The van der Waals surface area contributed by atoms with Gasteiger partial charge in [-0.25, -0.2) is 0 Å². The molecular weight excluding hydrogens is 160 g/mol. The molecule has 0 aliphatic heterocycles. The van der Waals surface area contributed by atoms with Gasteiger partial charge < -0.3 is 4.74 Å². The van der Waals surface area contributed by atoms with Gasteiger partial charge in [0, 0.05) is 6.61 Å². The largest absolute Gasteiger partial charge is 0.378 e. The SMILES string of the molecule is CCCCC(CCCC)OCCC. The summed E-state index contributed by atoms with van der Waals surface area (Å²) in [6.45, 7) is 7.61. The third-order valence-electron chi connectivity index (χ3n) is 2.32. The van der Waals surface area contributed by atoms with Gasteiger partial charge in [-0.15, -0.1) is 0 Å². The fourth-order valence-corrected chi connectivity index (χ4v) is 1.46. The predicted molar refractivity (Wildman–Crippen MR) is 59.1 cm³/mol. The molecule has 0 aromatic carbocycles. The van der Waals surface area contributed by atoms with E-state index in [1.54, 1.807) is 0 Å². The maximum absolute atomic E-state index is 5.80. The van der Waals surface area contributed by atoms with Crippen molar-refractivity contribution >= 4 is 0 Å². The zero-order valence-corrected chi connectivity index (χ0v) is 9.64. The van der Waals surface area contributed by atoms with Gasteiger partial charge in [-0.3, -0.25) is 0 Å². The molecule has 0 saturated carbocycles. The molecule has 13 heavy (non-hydrogen) atoms. The molecule has 0 atom stereocenters. The van der Waals surface area contributed by atoms with Crippen LogP contribution in [-0.2, 0) is 4.74 Å². The summed E-state index contributed by atoms with van der Waals surface area (Å²) in [4.78, 5) is 0. The second kappa shape index (κ2) is 10.0. The van der Waals surface area contributed by atoms with Crippen LogP contribution < -0.4 is 0 Å². The molecule has 0 aromatic rings. The minimum atomic E-state index is 0.542. The molecule has 1 nitrogen and oxygen atoms in total. The Kier molecular flexibility index (Phi) is 10.0. The first kappa shape index (κ1) is 13.0. The molecule has 0 spiro atoms. The molecule has 0 amide bonds. The van der Waals surface area contributed by atoms with Crippen LogP contribution in [0.5, 0.6) is 0 Å². The van der Waals surface area contributed by atoms with E-state index in [-0.39, 0.29) is 0 Å². The van der Waals surface area contributed by atoms with Gasteiger partial charge in [0.2, 0.25) is 0 Å². The van der Waals surface area contributed by atoms with E-state index in [4.69, 9.17) is 4.74 Å². The highest BCUT2D eigenvalue weighted by atomic mass is 16.5. The average Bonchev–Trinajstić information content (AvgIpc) is 2.17. The fraction of sp³-hybridized carbons (Fsp3) is 1.00. The third kappa shape index (κ3) is 8.29. The van der Waals surface area contributed by atoms with Crippen LogP contribution in [0.4, 0.5) is 0 Å². The van der Waals surface area contributed by atoms with Crippen LogP contribution >= 0.6 is 0 Å². The average molecular weight is 186 g/mol. The Morgan fingerprint density at radius 1 is 0.846 bits per heavy atom. The molecule has 0 fully saturated rings. The number of rotatable bonds is 9. The molecule has 0 rings (SSSR count). The van der Waals surface area contributed by atoms with E-state index < -0.39 is 0 Å². The van der Waals surface area contributed by atoms with Gasteiger partial charge in [-0.05, 0) is 19.3 Å². The lowest BCUT2D eigenvalue weighted by molar-refractivity contribution is 0.0392. The summed E-state index contributed by atoms with van der Waals surface area (Å²) in [5, 5.41) is 0. The van der Waals surface area contributed by atoms with E-state index in [2.05, 4.69) is 20.8 Å². The summed E-state index contributed by atoms with van der Waals surface area (Å²) in [5.74, 6) is 0. The highest BCUT2D eigenvalue weighted by molar-refractivity contribution is 4.58. The molecule has 0 bridgehead atoms. The first-order chi connectivity index (χ1) is 6.35. The second-order valence-corrected chi connectivity index (χ2v) is 3.78. The van der Waals surface area contributed by atoms with Crippen molar-refractivity contribution in [2.75, 3.05) is 6.61 Å².